The predicted octanol–water partition coefficient (Wildman–Crippen LogP) is 2.29. The van der Waals surface area contributed by atoms with Crippen LogP contribution in [-0.4, -0.2) is 36.6 Å². The van der Waals surface area contributed by atoms with Gasteiger partial charge in [-0.25, -0.2) is 4.79 Å². The number of nitrogen functional groups attached to an aromatic ring is 1. The molecule has 0 saturated heterocycles. The van der Waals surface area contributed by atoms with Crippen molar-refractivity contribution in [2.75, 3.05) is 18.9 Å². The highest BCUT2D eigenvalue weighted by atomic mass is 19.3. The van der Waals surface area contributed by atoms with Crippen molar-refractivity contribution in [1.29, 1.82) is 0 Å². The Morgan fingerprint density at radius 1 is 1.17 bits per heavy atom. The Bertz CT molecular complexity index is 890. The summed E-state index contributed by atoms with van der Waals surface area (Å²) in [7, 11) is 0. The second-order valence-corrected chi connectivity index (χ2v) is 5.73. The minimum Gasteiger partial charge on any atom is -0.452 e. The molecule has 0 saturated carbocycles. The number of nitrogens with one attached hydrogen (secondary N) is 1. The van der Waals surface area contributed by atoms with Gasteiger partial charge in [0.2, 0.25) is 0 Å². The largest absolute Gasteiger partial charge is 0.452 e. The first kappa shape index (κ1) is 21.5. The number of alkyl halides is 2. The summed E-state index contributed by atoms with van der Waals surface area (Å²) >= 11 is 0. The highest BCUT2D eigenvalue weighted by Gasteiger charge is 2.16. The molecule has 0 spiro atoms. The molecule has 0 radical (unpaired) electrons. The lowest BCUT2D eigenvalue weighted by Crippen LogP contribution is -2.30. The summed E-state index contributed by atoms with van der Waals surface area (Å²) in [5, 5.41) is 13.2. The molecule has 0 aliphatic heterocycles. The van der Waals surface area contributed by atoms with Gasteiger partial charge < -0.3 is 20.5 Å². The molecule has 29 heavy (non-hydrogen) atoms. The number of esters is 1. The van der Waals surface area contributed by atoms with Crippen LogP contribution in [0.25, 0.3) is 0 Å². The number of nitro benzene ring substituents is 1. The lowest BCUT2D eigenvalue weighted by atomic mass is 10.1. The molecule has 2 aromatic rings. The van der Waals surface area contributed by atoms with E-state index in [4.69, 9.17) is 10.5 Å². The summed E-state index contributed by atoms with van der Waals surface area (Å²) in [5.41, 5.74) is 5.88. The molecule has 2 aromatic carbocycles. The number of benzene rings is 2. The average molecular weight is 409 g/mol. The molecule has 0 heterocycles. The molecule has 154 valence electrons. The van der Waals surface area contributed by atoms with Gasteiger partial charge in [-0.15, -0.1) is 0 Å². The maximum absolute atomic E-state index is 12.1. The van der Waals surface area contributed by atoms with Crippen LogP contribution in [0, 0.1) is 10.1 Å². The maximum Gasteiger partial charge on any atom is 0.387 e. The molecule has 11 heteroatoms. The summed E-state index contributed by atoms with van der Waals surface area (Å²) in [6, 6.07) is 9.22. The minimum atomic E-state index is -2.90. The maximum atomic E-state index is 12.1. The molecule has 0 atom stereocenters. The van der Waals surface area contributed by atoms with E-state index < -0.39 is 30.0 Å². The van der Waals surface area contributed by atoms with E-state index in [-0.39, 0.29) is 29.2 Å². The van der Waals surface area contributed by atoms with Crippen LogP contribution in [0.3, 0.4) is 0 Å². The van der Waals surface area contributed by atoms with E-state index in [0.717, 1.165) is 23.8 Å². The summed E-state index contributed by atoms with van der Waals surface area (Å²) in [6.45, 7) is -3.23. The Morgan fingerprint density at radius 3 is 2.45 bits per heavy atom. The summed E-state index contributed by atoms with van der Waals surface area (Å²) in [5.74, 6) is -1.41. The van der Waals surface area contributed by atoms with Crippen molar-refractivity contribution in [1.82, 2.24) is 5.32 Å². The molecule has 0 aromatic heterocycles. The smallest absolute Gasteiger partial charge is 0.387 e. The minimum absolute atomic E-state index is 0.0326. The van der Waals surface area contributed by atoms with Gasteiger partial charge in [-0.1, -0.05) is 12.1 Å². The van der Waals surface area contributed by atoms with Crippen LogP contribution in [0.4, 0.5) is 20.2 Å². The predicted molar refractivity (Wildman–Crippen MR) is 97.6 cm³/mol. The van der Waals surface area contributed by atoms with E-state index in [2.05, 4.69) is 10.1 Å². The number of halogens is 2. The molecule has 0 fully saturated rings. The highest BCUT2D eigenvalue weighted by molar-refractivity contribution is 5.96. The third-order valence-corrected chi connectivity index (χ3v) is 3.68. The van der Waals surface area contributed by atoms with Crippen molar-refractivity contribution in [3.05, 3.63) is 63.7 Å². The van der Waals surface area contributed by atoms with Crippen LogP contribution >= 0.6 is 0 Å². The number of carbonyl (C=O) groups is 2. The standard InChI is InChI=1S/C18H17F2N3O6/c19-18(20)29-13-4-1-11(2-5-13)7-8-22-16(24)10-28-17(25)14-6-3-12(23(26)27)9-15(14)21/h1-6,9,18H,7-8,10,21H2,(H,22,24). The Balaban J connectivity index is 1.75. The number of hydrogen-bond donors (Lipinski definition) is 2. The molecule has 0 aliphatic rings. The van der Waals surface area contributed by atoms with Crippen molar-refractivity contribution in [3.8, 4) is 5.75 Å². The van der Waals surface area contributed by atoms with E-state index >= 15 is 0 Å². The summed E-state index contributed by atoms with van der Waals surface area (Å²) in [6.07, 6.45) is 0.421. The average Bonchev–Trinajstić information content (AvgIpc) is 2.67. The van der Waals surface area contributed by atoms with E-state index in [9.17, 15) is 28.5 Å². The lowest BCUT2D eigenvalue weighted by molar-refractivity contribution is -0.384. The van der Waals surface area contributed by atoms with Gasteiger partial charge >= 0.3 is 12.6 Å². The number of hydrogen-bond acceptors (Lipinski definition) is 7. The van der Waals surface area contributed by atoms with Crippen molar-refractivity contribution in [2.45, 2.75) is 13.0 Å². The molecule has 0 aliphatic carbocycles. The third-order valence-electron chi connectivity index (χ3n) is 3.68. The second kappa shape index (κ2) is 9.97. The van der Waals surface area contributed by atoms with Crippen molar-refractivity contribution in [2.24, 2.45) is 0 Å². The zero-order valence-electron chi connectivity index (χ0n) is 15.0. The molecular weight excluding hydrogens is 392 g/mol. The second-order valence-electron chi connectivity index (χ2n) is 5.73. The fraction of sp³-hybridized carbons (Fsp3) is 0.222. The van der Waals surface area contributed by atoms with Gasteiger partial charge in [0.25, 0.3) is 11.6 Å². The first-order chi connectivity index (χ1) is 13.8. The summed E-state index contributed by atoms with van der Waals surface area (Å²) < 4.78 is 33.2. The Kier molecular flexibility index (Phi) is 7.40. The van der Waals surface area contributed by atoms with Gasteiger partial charge in [0.05, 0.1) is 16.2 Å². The topological polar surface area (TPSA) is 134 Å². The fourth-order valence-electron chi connectivity index (χ4n) is 2.29. The van der Waals surface area contributed by atoms with Crippen molar-refractivity contribution in [3.63, 3.8) is 0 Å². The highest BCUT2D eigenvalue weighted by Crippen LogP contribution is 2.20. The number of nitrogens with two attached hydrogens (primary N) is 1. The Morgan fingerprint density at radius 2 is 1.86 bits per heavy atom. The van der Waals surface area contributed by atoms with Crippen LogP contribution < -0.4 is 15.8 Å². The van der Waals surface area contributed by atoms with Gasteiger partial charge in [-0.05, 0) is 30.2 Å². The van der Waals surface area contributed by atoms with E-state index in [0.29, 0.717) is 6.42 Å². The molecular formula is C18H17F2N3O6. The first-order valence-corrected chi connectivity index (χ1v) is 8.27. The van der Waals surface area contributed by atoms with Crippen LogP contribution in [0.5, 0.6) is 5.75 Å². The van der Waals surface area contributed by atoms with Crippen LogP contribution in [0.2, 0.25) is 0 Å². The van der Waals surface area contributed by atoms with Crippen molar-refractivity contribution < 1.29 is 32.8 Å². The first-order valence-electron chi connectivity index (χ1n) is 8.27. The number of carbonyl (C=O) groups excluding carboxylic acids is 2. The lowest BCUT2D eigenvalue weighted by Gasteiger charge is -2.09. The van der Waals surface area contributed by atoms with Gasteiger partial charge in [0.1, 0.15) is 5.75 Å². The quantitative estimate of drug-likeness (QED) is 0.281. The zero-order valence-corrected chi connectivity index (χ0v) is 15.0. The van der Waals surface area contributed by atoms with Gasteiger partial charge in [-0.2, -0.15) is 8.78 Å². The monoisotopic (exact) mass is 409 g/mol. The van der Waals surface area contributed by atoms with Crippen LogP contribution in [0.15, 0.2) is 42.5 Å². The molecule has 0 unspecified atom stereocenters. The SMILES string of the molecule is Nc1cc([N+](=O)[O-])ccc1C(=O)OCC(=O)NCCc1ccc(OC(F)F)cc1. The van der Waals surface area contributed by atoms with Gasteiger partial charge in [0, 0.05) is 18.7 Å². The third kappa shape index (κ3) is 6.72. The summed E-state index contributed by atoms with van der Waals surface area (Å²) in [4.78, 5) is 33.7. The van der Waals surface area contributed by atoms with Crippen LogP contribution in [0.1, 0.15) is 15.9 Å². The zero-order chi connectivity index (χ0) is 21.4. The molecule has 9 nitrogen and oxygen atoms in total. The normalized spacial score (nSPS) is 10.4. The van der Waals surface area contributed by atoms with Gasteiger partial charge in [-0.3, -0.25) is 14.9 Å². The molecule has 3 N–H and O–H groups in total. The number of rotatable bonds is 9. The van der Waals surface area contributed by atoms with E-state index in [1.165, 1.54) is 12.1 Å². The number of nitrogens with zero attached hydrogens (tertiary/aromatic N) is 1. The Hall–Kier alpha value is -3.76. The fourth-order valence-corrected chi connectivity index (χ4v) is 2.29. The molecule has 2 rings (SSSR count). The van der Waals surface area contributed by atoms with E-state index in [1.807, 2.05) is 0 Å². The van der Waals surface area contributed by atoms with E-state index in [1.54, 1.807) is 12.1 Å². The number of amides is 1. The number of nitro groups is 1. The molecule has 1 amide bonds. The van der Waals surface area contributed by atoms with Gasteiger partial charge in [0.15, 0.2) is 6.61 Å². The number of anilines is 1. The Labute approximate surface area is 163 Å². The number of non-ortho nitro benzene ring substituents is 1. The van der Waals surface area contributed by atoms with Crippen LogP contribution in [-0.2, 0) is 16.0 Å². The van der Waals surface area contributed by atoms with Crippen molar-refractivity contribution >= 4 is 23.3 Å². The number of ether oxygens (including phenoxy) is 2. The molecule has 0 bridgehead atoms.